The van der Waals surface area contributed by atoms with Gasteiger partial charge in [-0.2, -0.15) is 10.2 Å². The van der Waals surface area contributed by atoms with Gasteiger partial charge in [0.1, 0.15) is 0 Å². The second kappa shape index (κ2) is 4.17. The van der Waals surface area contributed by atoms with Crippen LogP contribution in [0.25, 0.3) is 0 Å². The molecule has 0 bridgehead atoms. The minimum atomic E-state index is 0.309. The summed E-state index contributed by atoms with van der Waals surface area (Å²) >= 11 is 0. The SMILES string of the molecule is c1ccc(C2CCCCN=N2)cc1. The van der Waals surface area contributed by atoms with Crippen LogP contribution in [0, 0.1) is 0 Å². The average Bonchev–Trinajstić information content (AvgIpc) is 2.47. The molecule has 2 rings (SSSR count). The van der Waals surface area contributed by atoms with Gasteiger partial charge in [0.25, 0.3) is 0 Å². The van der Waals surface area contributed by atoms with Crippen LogP contribution < -0.4 is 0 Å². The number of hydrogen-bond donors (Lipinski definition) is 0. The maximum Gasteiger partial charge on any atom is 0.0957 e. The number of rotatable bonds is 1. The molecule has 0 saturated carbocycles. The molecule has 1 unspecified atom stereocenters. The summed E-state index contributed by atoms with van der Waals surface area (Å²) in [7, 11) is 0. The molecule has 1 heterocycles. The predicted molar refractivity (Wildman–Crippen MR) is 52.8 cm³/mol. The molecule has 68 valence electrons. The van der Waals surface area contributed by atoms with Crippen molar-refractivity contribution in [1.29, 1.82) is 0 Å². The maximum atomic E-state index is 4.32. The Morgan fingerprint density at radius 1 is 1.08 bits per heavy atom. The lowest BCUT2D eigenvalue weighted by Gasteiger charge is -2.08. The third-order valence-electron chi connectivity index (χ3n) is 2.39. The predicted octanol–water partition coefficient (Wildman–Crippen LogP) is 3.36. The van der Waals surface area contributed by atoms with Crippen LogP contribution in [0.4, 0.5) is 0 Å². The molecule has 0 aliphatic carbocycles. The first-order valence-corrected chi connectivity index (χ1v) is 4.88. The third kappa shape index (κ3) is 2.14. The Labute approximate surface area is 78.7 Å². The molecule has 0 amide bonds. The number of benzene rings is 1. The lowest BCUT2D eigenvalue weighted by atomic mass is 10.0. The summed E-state index contributed by atoms with van der Waals surface area (Å²) in [6.07, 6.45) is 3.58. The number of nitrogens with zero attached hydrogens (tertiary/aromatic N) is 2. The third-order valence-corrected chi connectivity index (χ3v) is 2.39. The van der Waals surface area contributed by atoms with E-state index in [9.17, 15) is 0 Å². The second-order valence-electron chi connectivity index (χ2n) is 3.40. The fourth-order valence-electron chi connectivity index (χ4n) is 1.64. The van der Waals surface area contributed by atoms with Crippen molar-refractivity contribution in [2.45, 2.75) is 25.3 Å². The van der Waals surface area contributed by atoms with E-state index in [1.165, 1.54) is 18.4 Å². The van der Waals surface area contributed by atoms with Crippen LogP contribution in [-0.4, -0.2) is 6.54 Å². The largest absolute Gasteiger partial charge is 0.194 e. The quantitative estimate of drug-likeness (QED) is 0.623. The summed E-state index contributed by atoms with van der Waals surface area (Å²) in [6, 6.07) is 10.7. The molecule has 0 spiro atoms. The van der Waals surface area contributed by atoms with E-state index in [0.717, 1.165) is 13.0 Å². The van der Waals surface area contributed by atoms with Gasteiger partial charge < -0.3 is 0 Å². The van der Waals surface area contributed by atoms with E-state index in [-0.39, 0.29) is 0 Å². The van der Waals surface area contributed by atoms with Crippen molar-refractivity contribution in [1.82, 2.24) is 0 Å². The Balaban J connectivity index is 2.15. The normalized spacial score (nSPS) is 22.6. The van der Waals surface area contributed by atoms with E-state index in [1.807, 2.05) is 6.07 Å². The molecule has 0 radical (unpaired) electrons. The first-order chi connectivity index (χ1) is 6.47. The molecule has 0 saturated heterocycles. The highest BCUT2D eigenvalue weighted by Crippen LogP contribution is 2.25. The Bertz CT molecular complexity index is 279. The van der Waals surface area contributed by atoms with Crippen molar-refractivity contribution in [2.24, 2.45) is 10.2 Å². The van der Waals surface area contributed by atoms with Crippen molar-refractivity contribution in [3.8, 4) is 0 Å². The Morgan fingerprint density at radius 2 is 1.92 bits per heavy atom. The zero-order valence-corrected chi connectivity index (χ0v) is 7.69. The van der Waals surface area contributed by atoms with E-state index in [0.29, 0.717) is 6.04 Å². The highest BCUT2D eigenvalue weighted by atomic mass is 15.1. The summed E-state index contributed by atoms with van der Waals surface area (Å²) in [5.41, 5.74) is 1.30. The van der Waals surface area contributed by atoms with Crippen molar-refractivity contribution >= 4 is 0 Å². The van der Waals surface area contributed by atoms with Crippen LogP contribution in [0.2, 0.25) is 0 Å². The van der Waals surface area contributed by atoms with Gasteiger partial charge in [-0.05, 0) is 24.8 Å². The molecule has 1 aliphatic rings. The Morgan fingerprint density at radius 3 is 2.77 bits per heavy atom. The molecule has 2 nitrogen and oxygen atoms in total. The van der Waals surface area contributed by atoms with Crippen LogP contribution in [0.5, 0.6) is 0 Å². The van der Waals surface area contributed by atoms with Gasteiger partial charge in [0.2, 0.25) is 0 Å². The van der Waals surface area contributed by atoms with Crippen molar-refractivity contribution in [3.05, 3.63) is 35.9 Å². The Hall–Kier alpha value is -1.18. The molecular weight excluding hydrogens is 160 g/mol. The standard InChI is InChI=1S/C11H14N2/c1-2-6-10(7-3-1)11-8-4-5-9-12-13-11/h1-3,6-7,11H,4-5,8-9H2. The second-order valence-corrected chi connectivity index (χ2v) is 3.40. The van der Waals surface area contributed by atoms with Crippen molar-refractivity contribution in [3.63, 3.8) is 0 Å². The van der Waals surface area contributed by atoms with Gasteiger partial charge >= 0.3 is 0 Å². The first-order valence-electron chi connectivity index (χ1n) is 4.88. The van der Waals surface area contributed by atoms with E-state index in [1.54, 1.807) is 0 Å². The van der Waals surface area contributed by atoms with Gasteiger partial charge in [0.15, 0.2) is 0 Å². The summed E-state index contributed by atoms with van der Waals surface area (Å²) in [6.45, 7) is 0.906. The molecule has 0 N–H and O–H groups in total. The van der Waals surface area contributed by atoms with Crippen LogP contribution in [0.15, 0.2) is 40.6 Å². The molecule has 1 aliphatic heterocycles. The maximum absolute atomic E-state index is 4.32. The fraction of sp³-hybridized carbons (Fsp3) is 0.455. The van der Waals surface area contributed by atoms with E-state index in [2.05, 4.69) is 34.5 Å². The average molecular weight is 174 g/mol. The van der Waals surface area contributed by atoms with E-state index < -0.39 is 0 Å². The van der Waals surface area contributed by atoms with Crippen LogP contribution in [0.1, 0.15) is 30.9 Å². The van der Waals surface area contributed by atoms with Gasteiger partial charge in [-0.15, -0.1) is 0 Å². The smallest absolute Gasteiger partial charge is 0.0957 e. The molecular formula is C11H14N2. The van der Waals surface area contributed by atoms with Crippen LogP contribution in [-0.2, 0) is 0 Å². The fourth-order valence-corrected chi connectivity index (χ4v) is 1.64. The summed E-state index contributed by atoms with van der Waals surface area (Å²) in [5, 5.41) is 8.47. The first kappa shape index (κ1) is 8.42. The lowest BCUT2D eigenvalue weighted by Crippen LogP contribution is -1.92. The minimum absolute atomic E-state index is 0.309. The monoisotopic (exact) mass is 174 g/mol. The number of hydrogen-bond acceptors (Lipinski definition) is 2. The van der Waals surface area contributed by atoms with E-state index >= 15 is 0 Å². The Kier molecular flexibility index (Phi) is 2.70. The zero-order valence-electron chi connectivity index (χ0n) is 7.69. The summed E-state index contributed by atoms with van der Waals surface area (Å²) in [4.78, 5) is 0. The molecule has 1 aromatic carbocycles. The van der Waals surface area contributed by atoms with E-state index in [4.69, 9.17) is 0 Å². The highest BCUT2D eigenvalue weighted by Gasteiger charge is 2.11. The molecule has 0 fully saturated rings. The zero-order chi connectivity index (χ0) is 8.93. The summed E-state index contributed by atoms with van der Waals surface area (Å²) in [5.74, 6) is 0. The highest BCUT2D eigenvalue weighted by molar-refractivity contribution is 5.18. The van der Waals surface area contributed by atoms with Gasteiger partial charge in [-0.3, -0.25) is 0 Å². The topological polar surface area (TPSA) is 24.7 Å². The van der Waals surface area contributed by atoms with Gasteiger partial charge in [0.05, 0.1) is 12.6 Å². The molecule has 13 heavy (non-hydrogen) atoms. The van der Waals surface area contributed by atoms with Gasteiger partial charge in [-0.25, -0.2) is 0 Å². The minimum Gasteiger partial charge on any atom is -0.194 e. The molecule has 1 atom stereocenters. The number of azo groups is 1. The van der Waals surface area contributed by atoms with Gasteiger partial charge in [-0.1, -0.05) is 30.3 Å². The summed E-state index contributed by atoms with van der Waals surface area (Å²) < 4.78 is 0. The molecule has 1 aromatic rings. The van der Waals surface area contributed by atoms with Crippen LogP contribution in [0.3, 0.4) is 0 Å². The molecule has 2 heteroatoms. The van der Waals surface area contributed by atoms with Crippen LogP contribution >= 0.6 is 0 Å². The molecule has 0 aromatic heterocycles. The van der Waals surface area contributed by atoms with Crippen molar-refractivity contribution in [2.75, 3.05) is 6.54 Å². The van der Waals surface area contributed by atoms with Gasteiger partial charge in [0, 0.05) is 0 Å². The van der Waals surface area contributed by atoms with Crippen molar-refractivity contribution < 1.29 is 0 Å². The lowest BCUT2D eigenvalue weighted by molar-refractivity contribution is 0.619.